The Hall–Kier alpha value is -1.87. The van der Waals surface area contributed by atoms with Gasteiger partial charge in [0.2, 0.25) is 0 Å². The second-order valence-corrected chi connectivity index (χ2v) is 4.55. The summed E-state index contributed by atoms with van der Waals surface area (Å²) in [4.78, 5) is 0. The first-order valence-electron chi connectivity index (χ1n) is 6.36. The summed E-state index contributed by atoms with van der Waals surface area (Å²) in [5, 5.41) is 0. The molecule has 0 atom stereocenters. The molecule has 0 saturated carbocycles. The summed E-state index contributed by atoms with van der Waals surface area (Å²) in [6, 6.07) is 12.7. The molecule has 0 radical (unpaired) electrons. The van der Waals surface area contributed by atoms with Gasteiger partial charge in [-0.2, -0.15) is 0 Å². The van der Waals surface area contributed by atoms with Gasteiger partial charge in [0, 0.05) is 6.07 Å². The van der Waals surface area contributed by atoms with E-state index in [-0.39, 0.29) is 5.82 Å². The number of halogens is 1. The zero-order valence-corrected chi connectivity index (χ0v) is 11.0. The molecule has 0 heterocycles. The van der Waals surface area contributed by atoms with Crippen molar-refractivity contribution in [2.24, 2.45) is 5.73 Å². The van der Waals surface area contributed by atoms with Crippen LogP contribution in [-0.4, -0.2) is 6.54 Å². The average Bonchev–Trinajstić information content (AvgIpc) is 2.37. The minimum Gasteiger partial charge on any atom is -0.489 e. The smallest absolute Gasteiger partial charge is 0.127 e. The van der Waals surface area contributed by atoms with E-state index >= 15 is 0 Å². The van der Waals surface area contributed by atoms with Gasteiger partial charge >= 0.3 is 0 Å². The molecule has 2 rings (SSSR count). The van der Waals surface area contributed by atoms with Crippen molar-refractivity contribution in [1.82, 2.24) is 0 Å². The summed E-state index contributed by atoms with van der Waals surface area (Å²) in [5.41, 5.74) is 8.62. The maximum Gasteiger partial charge on any atom is 0.127 e. The second kappa shape index (κ2) is 6.34. The largest absolute Gasteiger partial charge is 0.489 e. The van der Waals surface area contributed by atoms with Gasteiger partial charge in [0.1, 0.15) is 18.2 Å². The van der Waals surface area contributed by atoms with Crippen molar-refractivity contribution in [3.05, 3.63) is 65.0 Å². The van der Waals surface area contributed by atoms with Gasteiger partial charge in [-0.1, -0.05) is 24.3 Å². The maximum absolute atomic E-state index is 13.4. The summed E-state index contributed by atoms with van der Waals surface area (Å²) in [5.74, 6) is 0.262. The van der Waals surface area contributed by atoms with Crippen molar-refractivity contribution < 1.29 is 9.13 Å². The Morgan fingerprint density at radius 3 is 2.68 bits per heavy atom. The van der Waals surface area contributed by atoms with Crippen LogP contribution in [0.2, 0.25) is 0 Å². The van der Waals surface area contributed by atoms with E-state index in [1.165, 1.54) is 17.7 Å². The van der Waals surface area contributed by atoms with Crippen molar-refractivity contribution in [1.29, 1.82) is 0 Å². The minimum absolute atomic E-state index is 0.286. The van der Waals surface area contributed by atoms with E-state index in [1.54, 1.807) is 0 Å². The minimum atomic E-state index is -0.286. The van der Waals surface area contributed by atoms with Crippen LogP contribution in [0.25, 0.3) is 0 Å². The first-order valence-corrected chi connectivity index (χ1v) is 6.36. The molecule has 19 heavy (non-hydrogen) atoms. The molecule has 0 fully saturated rings. The Morgan fingerprint density at radius 1 is 1.16 bits per heavy atom. The number of benzene rings is 2. The highest BCUT2D eigenvalue weighted by Crippen LogP contribution is 2.19. The Bertz CT molecular complexity index is 554. The lowest BCUT2D eigenvalue weighted by atomic mass is 10.1. The highest BCUT2D eigenvalue weighted by Gasteiger charge is 2.03. The van der Waals surface area contributed by atoms with Crippen LogP contribution in [0.3, 0.4) is 0 Å². The fraction of sp³-hybridized carbons (Fsp3) is 0.250. The van der Waals surface area contributed by atoms with Gasteiger partial charge in [0.15, 0.2) is 0 Å². The molecule has 0 bridgehead atoms. The fourth-order valence-corrected chi connectivity index (χ4v) is 1.95. The number of aryl methyl sites for hydroxylation is 1. The fourth-order valence-electron chi connectivity index (χ4n) is 1.95. The quantitative estimate of drug-likeness (QED) is 0.894. The highest BCUT2D eigenvalue weighted by molar-refractivity contribution is 5.31. The Balaban J connectivity index is 2.09. The summed E-state index contributed by atoms with van der Waals surface area (Å²) in [7, 11) is 0. The van der Waals surface area contributed by atoms with Crippen LogP contribution in [-0.2, 0) is 13.0 Å². The van der Waals surface area contributed by atoms with Crippen LogP contribution >= 0.6 is 0 Å². The second-order valence-electron chi connectivity index (χ2n) is 4.55. The molecule has 0 saturated heterocycles. The predicted octanol–water partition coefficient (Wildman–Crippen LogP) is 3.21. The lowest BCUT2D eigenvalue weighted by molar-refractivity contribution is 0.303. The van der Waals surface area contributed by atoms with E-state index in [9.17, 15) is 4.39 Å². The average molecular weight is 259 g/mol. The molecule has 0 unspecified atom stereocenters. The van der Waals surface area contributed by atoms with E-state index < -0.39 is 0 Å². The third-order valence-electron chi connectivity index (χ3n) is 3.02. The first-order chi connectivity index (χ1) is 9.19. The van der Waals surface area contributed by atoms with Crippen LogP contribution < -0.4 is 10.5 Å². The predicted molar refractivity (Wildman–Crippen MR) is 74.7 cm³/mol. The number of ether oxygens (including phenoxy) is 1. The highest BCUT2D eigenvalue weighted by atomic mass is 19.1. The summed E-state index contributed by atoms with van der Waals surface area (Å²) in [6.07, 6.45) is 0.651. The first kappa shape index (κ1) is 13.6. The van der Waals surface area contributed by atoms with Gasteiger partial charge in [-0.05, 0) is 48.7 Å². The van der Waals surface area contributed by atoms with Crippen molar-refractivity contribution >= 4 is 0 Å². The van der Waals surface area contributed by atoms with E-state index in [4.69, 9.17) is 10.5 Å². The molecule has 0 aromatic heterocycles. The van der Waals surface area contributed by atoms with Crippen LogP contribution in [0.4, 0.5) is 4.39 Å². The Labute approximate surface area is 113 Å². The van der Waals surface area contributed by atoms with Gasteiger partial charge in [-0.15, -0.1) is 0 Å². The lowest BCUT2D eigenvalue weighted by Crippen LogP contribution is -2.04. The third-order valence-corrected chi connectivity index (χ3v) is 3.02. The van der Waals surface area contributed by atoms with Gasteiger partial charge in [0.25, 0.3) is 0 Å². The Morgan fingerprint density at radius 2 is 1.95 bits per heavy atom. The molecule has 0 aliphatic heterocycles. The zero-order valence-electron chi connectivity index (χ0n) is 11.0. The number of hydrogen-bond donors (Lipinski definition) is 1. The molecule has 2 aromatic carbocycles. The molecular formula is C16H18FNO. The monoisotopic (exact) mass is 259 g/mol. The number of rotatable bonds is 5. The molecule has 0 aliphatic rings. The van der Waals surface area contributed by atoms with E-state index in [1.807, 2.05) is 37.3 Å². The van der Waals surface area contributed by atoms with Crippen LogP contribution in [0.5, 0.6) is 5.75 Å². The molecule has 2 N–H and O–H groups in total. The van der Waals surface area contributed by atoms with Crippen LogP contribution in [0.15, 0.2) is 42.5 Å². The van der Waals surface area contributed by atoms with E-state index in [0.717, 1.165) is 11.1 Å². The molecule has 3 heteroatoms. The van der Waals surface area contributed by atoms with Gasteiger partial charge in [0.05, 0.1) is 0 Å². The normalized spacial score (nSPS) is 10.5. The SMILES string of the molecule is Cc1ccccc1COc1cc(F)cc(CCN)c1. The Kier molecular flexibility index (Phi) is 4.53. The molecular weight excluding hydrogens is 241 g/mol. The summed E-state index contributed by atoms with van der Waals surface area (Å²) in [6.45, 7) is 2.98. The summed E-state index contributed by atoms with van der Waals surface area (Å²) >= 11 is 0. The van der Waals surface area contributed by atoms with Crippen LogP contribution in [0.1, 0.15) is 16.7 Å². The molecule has 2 nitrogen and oxygen atoms in total. The van der Waals surface area contributed by atoms with Gasteiger partial charge in [-0.25, -0.2) is 4.39 Å². The van der Waals surface area contributed by atoms with Crippen molar-refractivity contribution in [2.45, 2.75) is 20.0 Å². The van der Waals surface area contributed by atoms with Crippen molar-refractivity contribution in [3.8, 4) is 5.75 Å². The topological polar surface area (TPSA) is 35.2 Å². The number of nitrogens with two attached hydrogens (primary N) is 1. The lowest BCUT2D eigenvalue weighted by Gasteiger charge is -2.10. The zero-order chi connectivity index (χ0) is 13.7. The van der Waals surface area contributed by atoms with E-state index in [2.05, 4.69) is 0 Å². The standard InChI is InChI=1S/C16H18FNO/c1-12-4-2-3-5-14(12)11-19-16-9-13(6-7-18)8-15(17)10-16/h2-5,8-10H,6-7,11,18H2,1H3. The van der Waals surface area contributed by atoms with Crippen molar-refractivity contribution in [2.75, 3.05) is 6.54 Å². The van der Waals surface area contributed by atoms with Gasteiger partial charge < -0.3 is 10.5 Å². The molecule has 2 aromatic rings. The van der Waals surface area contributed by atoms with Crippen LogP contribution in [0, 0.1) is 12.7 Å². The molecule has 0 aliphatic carbocycles. The van der Waals surface area contributed by atoms with E-state index in [0.29, 0.717) is 25.3 Å². The molecule has 0 spiro atoms. The molecule has 0 amide bonds. The van der Waals surface area contributed by atoms with Gasteiger partial charge in [-0.3, -0.25) is 0 Å². The maximum atomic E-state index is 13.4. The third kappa shape index (κ3) is 3.80. The molecule has 100 valence electrons. The number of hydrogen-bond acceptors (Lipinski definition) is 2. The van der Waals surface area contributed by atoms with Crippen molar-refractivity contribution in [3.63, 3.8) is 0 Å². The summed E-state index contributed by atoms with van der Waals surface area (Å²) < 4.78 is 19.1.